The van der Waals surface area contributed by atoms with Gasteiger partial charge in [0.05, 0.1) is 0 Å². The second-order valence-electron chi connectivity index (χ2n) is 4.15. The van der Waals surface area contributed by atoms with Crippen LogP contribution in [-0.4, -0.2) is 13.1 Å². The van der Waals surface area contributed by atoms with E-state index in [-0.39, 0.29) is 0 Å². The summed E-state index contributed by atoms with van der Waals surface area (Å²) >= 11 is 0. The van der Waals surface area contributed by atoms with Crippen LogP contribution in [-0.2, 0) is 0 Å². The van der Waals surface area contributed by atoms with Crippen molar-refractivity contribution in [3.8, 4) is 0 Å². The molecule has 2 heteroatoms. The SMILES string of the molecule is CCNc1ccc(C2CCCCN2)cc1. The maximum Gasteiger partial charge on any atom is 0.0340 e. The second kappa shape index (κ2) is 5.17. The van der Waals surface area contributed by atoms with E-state index in [4.69, 9.17) is 0 Å². The first-order chi connectivity index (χ1) is 7.40. The molecule has 0 bridgehead atoms. The third kappa shape index (κ3) is 2.72. The van der Waals surface area contributed by atoms with Gasteiger partial charge in [-0.05, 0) is 44.0 Å². The van der Waals surface area contributed by atoms with Crippen LogP contribution >= 0.6 is 0 Å². The van der Waals surface area contributed by atoms with Gasteiger partial charge in [0, 0.05) is 18.3 Å². The summed E-state index contributed by atoms with van der Waals surface area (Å²) in [5.74, 6) is 0. The Morgan fingerprint density at radius 3 is 2.67 bits per heavy atom. The Bertz CT molecular complexity index is 286. The lowest BCUT2D eigenvalue weighted by atomic mass is 9.97. The summed E-state index contributed by atoms with van der Waals surface area (Å²) in [5, 5.41) is 6.88. The van der Waals surface area contributed by atoms with Crippen molar-refractivity contribution in [2.24, 2.45) is 0 Å². The monoisotopic (exact) mass is 204 g/mol. The van der Waals surface area contributed by atoms with E-state index in [9.17, 15) is 0 Å². The van der Waals surface area contributed by atoms with Crippen molar-refractivity contribution >= 4 is 5.69 Å². The van der Waals surface area contributed by atoms with Crippen LogP contribution in [0.4, 0.5) is 5.69 Å². The highest BCUT2D eigenvalue weighted by molar-refractivity contribution is 5.45. The molecule has 0 aliphatic carbocycles. The second-order valence-corrected chi connectivity index (χ2v) is 4.15. The first-order valence-corrected chi connectivity index (χ1v) is 5.97. The third-order valence-corrected chi connectivity index (χ3v) is 3.00. The van der Waals surface area contributed by atoms with E-state index in [0.717, 1.165) is 6.54 Å². The molecule has 1 unspecified atom stereocenters. The molecule has 2 rings (SSSR count). The van der Waals surface area contributed by atoms with E-state index in [0.29, 0.717) is 6.04 Å². The van der Waals surface area contributed by atoms with Crippen LogP contribution in [0, 0.1) is 0 Å². The molecule has 0 saturated carbocycles. The highest BCUT2D eigenvalue weighted by Crippen LogP contribution is 2.23. The molecule has 0 amide bonds. The number of hydrogen-bond acceptors (Lipinski definition) is 2. The fraction of sp³-hybridized carbons (Fsp3) is 0.538. The van der Waals surface area contributed by atoms with E-state index >= 15 is 0 Å². The van der Waals surface area contributed by atoms with Gasteiger partial charge >= 0.3 is 0 Å². The minimum absolute atomic E-state index is 0.578. The molecule has 1 saturated heterocycles. The van der Waals surface area contributed by atoms with Crippen LogP contribution < -0.4 is 10.6 Å². The van der Waals surface area contributed by atoms with Gasteiger partial charge in [-0.25, -0.2) is 0 Å². The molecule has 1 heterocycles. The Labute approximate surface area is 92.1 Å². The molecular formula is C13H20N2. The number of benzene rings is 1. The van der Waals surface area contributed by atoms with E-state index in [1.54, 1.807) is 0 Å². The van der Waals surface area contributed by atoms with Crippen molar-refractivity contribution in [1.29, 1.82) is 0 Å². The summed E-state index contributed by atoms with van der Waals surface area (Å²) in [5.41, 5.74) is 2.65. The van der Waals surface area contributed by atoms with Crippen LogP contribution in [0.1, 0.15) is 37.8 Å². The van der Waals surface area contributed by atoms with E-state index in [1.165, 1.54) is 37.1 Å². The van der Waals surface area contributed by atoms with Gasteiger partial charge in [0.15, 0.2) is 0 Å². The summed E-state index contributed by atoms with van der Waals surface area (Å²) in [7, 11) is 0. The largest absolute Gasteiger partial charge is 0.385 e. The predicted octanol–water partition coefficient (Wildman–Crippen LogP) is 2.93. The third-order valence-electron chi connectivity index (χ3n) is 3.00. The van der Waals surface area contributed by atoms with Crippen LogP contribution in [0.25, 0.3) is 0 Å². The van der Waals surface area contributed by atoms with Gasteiger partial charge in [-0.2, -0.15) is 0 Å². The summed E-state index contributed by atoms with van der Waals surface area (Å²) in [4.78, 5) is 0. The maximum atomic E-state index is 3.57. The standard InChI is InChI=1S/C13H20N2/c1-2-14-12-8-6-11(7-9-12)13-5-3-4-10-15-13/h6-9,13-15H,2-5,10H2,1H3. The predicted molar refractivity (Wildman–Crippen MR) is 65.2 cm³/mol. The molecule has 1 aromatic rings. The molecule has 82 valence electrons. The fourth-order valence-corrected chi connectivity index (χ4v) is 2.17. The van der Waals surface area contributed by atoms with Crippen molar-refractivity contribution in [3.05, 3.63) is 29.8 Å². The molecule has 1 aliphatic rings. The average molecular weight is 204 g/mol. The number of nitrogens with one attached hydrogen (secondary N) is 2. The first kappa shape index (κ1) is 10.5. The van der Waals surface area contributed by atoms with E-state index in [2.05, 4.69) is 41.8 Å². The number of rotatable bonds is 3. The van der Waals surface area contributed by atoms with E-state index < -0.39 is 0 Å². The molecule has 1 atom stereocenters. The van der Waals surface area contributed by atoms with Gasteiger partial charge in [-0.3, -0.25) is 0 Å². The summed E-state index contributed by atoms with van der Waals surface area (Å²) in [6.45, 7) is 4.28. The zero-order valence-corrected chi connectivity index (χ0v) is 9.42. The summed E-state index contributed by atoms with van der Waals surface area (Å²) in [6.07, 6.45) is 3.96. The summed E-state index contributed by atoms with van der Waals surface area (Å²) in [6, 6.07) is 9.40. The zero-order valence-electron chi connectivity index (χ0n) is 9.42. The smallest absolute Gasteiger partial charge is 0.0340 e. The molecule has 2 nitrogen and oxygen atoms in total. The number of piperidine rings is 1. The lowest BCUT2D eigenvalue weighted by molar-refractivity contribution is 0.412. The molecule has 1 aliphatic heterocycles. The van der Waals surface area contributed by atoms with E-state index in [1.807, 2.05) is 0 Å². The van der Waals surface area contributed by atoms with Crippen LogP contribution in [0.15, 0.2) is 24.3 Å². The Kier molecular flexibility index (Phi) is 3.62. The molecular weight excluding hydrogens is 184 g/mol. The Morgan fingerprint density at radius 1 is 1.27 bits per heavy atom. The Hall–Kier alpha value is -1.02. The molecule has 1 aromatic carbocycles. The quantitative estimate of drug-likeness (QED) is 0.791. The van der Waals surface area contributed by atoms with Crippen molar-refractivity contribution in [3.63, 3.8) is 0 Å². The zero-order chi connectivity index (χ0) is 10.5. The normalized spacial score (nSPS) is 21.3. The van der Waals surface area contributed by atoms with Crippen LogP contribution in [0.2, 0.25) is 0 Å². The van der Waals surface area contributed by atoms with Crippen molar-refractivity contribution < 1.29 is 0 Å². The topological polar surface area (TPSA) is 24.1 Å². The van der Waals surface area contributed by atoms with Gasteiger partial charge in [-0.1, -0.05) is 18.6 Å². The van der Waals surface area contributed by atoms with Gasteiger partial charge < -0.3 is 10.6 Å². The van der Waals surface area contributed by atoms with Gasteiger partial charge in [0.2, 0.25) is 0 Å². The lowest BCUT2D eigenvalue weighted by Gasteiger charge is -2.24. The van der Waals surface area contributed by atoms with Crippen LogP contribution in [0.5, 0.6) is 0 Å². The minimum Gasteiger partial charge on any atom is -0.385 e. The highest BCUT2D eigenvalue weighted by atomic mass is 14.9. The van der Waals surface area contributed by atoms with Crippen molar-refractivity contribution in [2.45, 2.75) is 32.2 Å². The molecule has 15 heavy (non-hydrogen) atoms. The first-order valence-electron chi connectivity index (χ1n) is 5.97. The minimum atomic E-state index is 0.578. The number of anilines is 1. The fourth-order valence-electron chi connectivity index (χ4n) is 2.17. The average Bonchev–Trinajstić information content (AvgIpc) is 2.32. The van der Waals surface area contributed by atoms with Crippen molar-refractivity contribution in [2.75, 3.05) is 18.4 Å². The van der Waals surface area contributed by atoms with Crippen molar-refractivity contribution in [1.82, 2.24) is 5.32 Å². The molecule has 1 fully saturated rings. The molecule has 0 radical (unpaired) electrons. The van der Waals surface area contributed by atoms with Gasteiger partial charge in [-0.15, -0.1) is 0 Å². The lowest BCUT2D eigenvalue weighted by Crippen LogP contribution is -2.26. The van der Waals surface area contributed by atoms with Gasteiger partial charge in [0.25, 0.3) is 0 Å². The number of hydrogen-bond donors (Lipinski definition) is 2. The van der Waals surface area contributed by atoms with Crippen LogP contribution in [0.3, 0.4) is 0 Å². The van der Waals surface area contributed by atoms with Gasteiger partial charge in [0.1, 0.15) is 0 Å². The molecule has 2 N–H and O–H groups in total. The Morgan fingerprint density at radius 2 is 2.07 bits per heavy atom. The highest BCUT2D eigenvalue weighted by Gasteiger charge is 2.13. The molecule has 0 aromatic heterocycles. The molecule has 0 spiro atoms. The maximum absolute atomic E-state index is 3.57. The Balaban J connectivity index is 2.02. The summed E-state index contributed by atoms with van der Waals surface area (Å²) < 4.78 is 0.